The molecule has 0 amide bonds. The minimum absolute atomic E-state index is 0.478. The van der Waals surface area contributed by atoms with Crippen molar-refractivity contribution in [1.82, 2.24) is 0 Å². The van der Waals surface area contributed by atoms with Crippen molar-refractivity contribution in [3.8, 4) is 0 Å². The van der Waals surface area contributed by atoms with Gasteiger partial charge in [-0.3, -0.25) is 0 Å². The summed E-state index contributed by atoms with van der Waals surface area (Å²) in [6.07, 6.45) is 9.99. The van der Waals surface area contributed by atoms with E-state index in [1.54, 1.807) is 0 Å². The van der Waals surface area contributed by atoms with Crippen LogP contribution < -0.4 is 0 Å². The third kappa shape index (κ3) is 4.23. The van der Waals surface area contributed by atoms with Crippen molar-refractivity contribution in [2.24, 2.45) is 22.7 Å². The predicted molar refractivity (Wildman–Crippen MR) is 89.4 cm³/mol. The van der Waals surface area contributed by atoms with Gasteiger partial charge in [-0.25, -0.2) is 0 Å². The van der Waals surface area contributed by atoms with Crippen molar-refractivity contribution in [2.45, 2.75) is 75.2 Å². The number of allylic oxidation sites excluding steroid dienone is 4. The highest BCUT2D eigenvalue weighted by molar-refractivity contribution is 5.27. The first-order valence-corrected chi connectivity index (χ1v) is 8.20. The molecule has 0 radical (unpaired) electrons. The first kappa shape index (κ1) is 18.5. The summed E-state index contributed by atoms with van der Waals surface area (Å²) in [5.41, 5.74) is 2.40. The number of hydrogen-bond donors (Lipinski definition) is 0. The van der Waals surface area contributed by atoms with Gasteiger partial charge >= 0.3 is 0 Å². The van der Waals surface area contributed by atoms with Crippen molar-refractivity contribution in [3.05, 3.63) is 23.8 Å². The molecule has 2 aliphatic carbocycles. The second-order valence-electron chi connectivity index (χ2n) is 6.80. The Hall–Kier alpha value is -0.520. The van der Waals surface area contributed by atoms with E-state index in [0.717, 1.165) is 11.8 Å². The number of fused-ring (bicyclic) bond motifs is 1. The molecule has 0 aliphatic heterocycles. The van der Waals surface area contributed by atoms with E-state index in [4.69, 9.17) is 0 Å². The molecule has 0 heterocycles. The van der Waals surface area contributed by atoms with E-state index < -0.39 is 0 Å². The van der Waals surface area contributed by atoms with Crippen LogP contribution in [0.3, 0.4) is 0 Å². The maximum atomic E-state index is 2.51. The van der Waals surface area contributed by atoms with Crippen molar-refractivity contribution in [3.63, 3.8) is 0 Å². The van der Waals surface area contributed by atoms with Crippen LogP contribution in [0.25, 0.3) is 0 Å². The zero-order chi connectivity index (χ0) is 15.3. The SMILES string of the molecule is CC.CC.CC1=CC2C(C=C1)C(C)(C)CCC2(C)C. The smallest absolute Gasteiger partial charge is 0.0108 e. The van der Waals surface area contributed by atoms with E-state index in [2.05, 4.69) is 52.8 Å². The van der Waals surface area contributed by atoms with Crippen molar-refractivity contribution in [2.75, 3.05) is 0 Å². The minimum atomic E-state index is 0.478. The van der Waals surface area contributed by atoms with Crippen LogP contribution in [0, 0.1) is 22.7 Å². The van der Waals surface area contributed by atoms with E-state index >= 15 is 0 Å². The van der Waals surface area contributed by atoms with Gasteiger partial charge in [0.05, 0.1) is 0 Å². The normalized spacial score (nSPS) is 29.8. The molecule has 0 aromatic heterocycles. The van der Waals surface area contributed by atoms with Crippen LogP contribution in [-0.2, 0) is 0 Å². The molecule has 2 rings (SSSR count). The Labute approximate surface area is 122 Å². The number of hydrogen-bond acceptors (Lipinski definition) is 0. The zero-order valence-corrected chi connectivity index (χ0v) is 14.8. The van der Waals surface area contributed by atoms with Gasteiger partial charge in [-0.15, -0.1) is 0 Å². The lowest BCUT2D eigenvalue weighted by Gasteiger charge is -2.51. The maximum Gasteiger partial charge on any atom is -0.0108 e. The van der Waals surface area contributed by atoms with Gasteiger partial charge in [0.1, 0.15) is 0 Å². The Kier molecular flexibility index (Phi) is 7.11. The summed E-state index contributed by atoms with van der Waals surface area (Å²) in [6, 6.07) is 0. The second kappa shape index (κ2) is 7.31. The maximum absolute atomic E-state index is 2.51. The Bertz CT molecular complexity index is 315. The van der Waals surface area contributed by atoms with Gasteiger partial charge in [-0.05, 0) is 42.4 Å². The molecule has 2 unspecified atom stereocenters. The highest BCUT2D eigenvalue weighted by atomic mass is 14.5. The van der Waals surface area contributed by atoms with Crippen LogP contribution in [0.15, 0.2) is 23.8 Å². The topological polar surface area (TPSA) is 0 Å². The van der Waals surface area contributed by atoms with E-state index in [0.29, 0.717) is 10.8 Å². The molecule has 2 aliphatic rings. The van der Waals surface area contributed by atoms with E-state index in [9.17, 15) is 0 Å². The quantitative estimate of drug-likeness (QED) is 0.460. The Morgan fingerprint density at radius 1 is 0.842 bits per heavy atom. The molecule has 0 saturated heterocycles. The van der Waals surface area contributed by atoms with Crippen LogP contribution in [0.5, 0.6) is 0 Å². The summed E-state index contributed by atoms with van der Waals surface area (Å²) < 4.78 is 0. The fourth-order valence-electron chi connectivity index (χ4n) is 3.25. The van der Waals surface area contributed by atoms with E-state index in [1.165, 1.54) is 18.4 Å². The summed E-state index contributed by atoms with van der Waals surface area (Å²) in [5.74, 6) is 1.48. The summed E-state index contributed by atoms with van der Waals surface area (Å²) in [7, 11) is 0. The summed E-state index contributed by atoms with van der Waals surface area (Å²) in [4.78, 5) is 0. The fourth-order valence-corrected chi connectivity index (χ4v) is 3.25. The number of rotatable bonds is 0. The third-order valence-electron chi connectivity index (χ3n) is 4.61. The molecule has 0 aromatic carbocycles. The molecule has 0 nitrogen and oxygen atoms in total. The molecule has 0 heteroatoms. The molecule has 0 N–H and O–H groups in total. The predicted octanol–water partition coefficient (Wildman–Crippen LogP) is 6.63. The van der Waals surface area contributed by atoms with Gasteiger partial charge in [0.15, 0.2) is 0 Å². The van der Waals surface area contributed by atoms with Gasteiger partial charge in [0.25, 0.3) is 0 Å². The molecule has 1 saturated carbocycles. The molecular formula is C19H36. The van der Waals surface area contributed by atoms with Gasteiger partial charge in [-0.1, -0.05) is 79.2 Å². The lowest BCUT2D eigenvalue weighted by atomic mass is 9.53. The van der Waals surface area contributed by atoms with Gasteiger partial charge in [0.2, 0.25) is 0 Å². The largest absolute Gasteiger partial charge is 0.0800 e. The Morgan fingerprint density at radius 3 is 1.74 bits per heavy atom. The molecule has 1 fully saturated rings. The van der Waals surface area contributed by atoms with E-state index in [-0.39, 0.29) is 0 Å². The monoisotopic (exact) mass is 264 g/mol. The molecule has 2 atom stereocenters. The first-order valence-electron chi connectivity index (χ1n) is 8.20. The van der Waals surface area contributed by atoms with Crippen molar-refractivity contribution in [1.29, 1.82) is 0 Å². The average Bonchev–Trinajstić information content (AvgIpc) is 2.40. The molecule has 0 bridgehead atoms. The van der Waals surface area contributed by atoms with Gasteiger partial charge < -0.3 is 0 Å². The summed E-state index contributed by atoms with van der Waals surface area (Å²) in [6.45, 7) is 20.0. The van der Waals surface area contributed by atoms with Gasteiger partial charge in [-0.2, -0.15) is 0 Å². The fraction of sp³-hybridized carbons (Fsp3) is 0.789. The molecule has 0 aromatic rings. The second-order valence-corrected chi connectivity index (χ2v) is 6.80. The summed E-state index contributed by atoms with van der Waals surface area (Å²) >= 11 is 0. The highest BCUT2D eigenvalue weighted by Crippen LogP contribution is 2.54. The average molecular weight is 264 g/mol. The Balaban J connectivity index is 0.000000741. The Morgan fingerprint density at radius 2 is 1.26 bits per heavy atom. The first-order chi connectivity index (χ1) is 8.83. The summed E-state index contributed by atoms with van der Waals surface area (Å²) in [5, 5.41) is 0. The van der Waals surface area contributed by atoms with Gasteiger partial charge in [0, 0.05) is 0 Å². The van der Waals surface area contributed by atoms with Crippen LogP contribution >= 0.6 is 0 Å². The van der Waals surface area contributed by atoms with Crippen molar-refractivity contribution >= 4 is 0 Å². The standard InChI is InChI=1S/C15H24.2C2H6/c1-11-6-7-12-13(10-11)15(4,5)9-8-14(12,2)3;2*1-2/h6-7,10,12-13H,8-9H2,1-5H3;2*1-2H3. The van der Waals surface area contributed by atoms with Crippen LogP contribution in [0.1, 0.15) is 75.2 Å². The van der Waals surface area contributed by atoms with Crippen LogP contribution in [0.4, 0.5) is 0 Å². The zero-order valence-electron chi connectivity index (χ0n) is 14.8. The molecule has 0 spiro atoms. The minimum Gasteiger partial charge on any atom is -0.0800 e. The molecular weight excluding hydrogens is 228 g/mol. The highest BCUT2D eigenvalue weighted by Gasteiger charge is 2.46. The molecule has 19 heavy (non-hydrogen) atoms. The van der Waals surface area contributed by atoms with Crippen LogP contribution in [0.2, 0.25) is 0 Å². The van der Waals surface area contributed by atoms with Crippen LogP contribution in [-0.4, -0.2) is 0 Å². The third-order valence-corrected chi connectivity index (χ3v) is 4.61. The lowest BCUT2D eigenvalue weighted by molar-refractivity contribution is 0.0327. The lowest BCUT2D eigenvalue weighted by Crippen LogP contribution is -2.43. The van der Waals surface area contributed by atoms with Crippen molar-refractivity contribution < 1.29 is 0 Å². The van der Waals surface area contributed by atoms with E-state index in [1.807, 2.05) is 27.7 Å². The molecule has 112 valence electrons.